The predicted molar refractivity (Wildman–Crippen MR) is 81.4 cm³/mol. The maximum Gasteiger partial charge on any atom is 0.306 e. The lowest BCUT2D eigenvalue weighted by molar-refractivity contribution is -0.138. The van der Waals surface area contributed by atoms with Crippen molar-refractivity contribution < 1.29 is 14.7 Å². The normalized spacial score (nSPS) is 13.4. The second kappa shape index (κ2) is 12.9. The van der Waals surface area contributed by atoms with E-state index in [4.69, 9.17) is 10.8 Å². The first-order valence-corrected chi connectivity index (χ1v) is 8.09. The summed E-state index contributed by atoms with van der Waals surface area (Å²) in [4.78, 5) is 20.2. The van der Waals surface area contributed by atoms with Gasteiger partial charge in [0.1, 0.15) is 0 Å². The Morgan fingerprint density at radius 2 is 1.40 bits per heavy atom. The molecule has 4 heteroatoms. The third-order valence-corrected chi connectivity index (χ3v) is 3.45. The lowest BCUT2D eigenvalue weighted by atomic mass is 10.1. The van der Waals surface area contributed by atoms with Crippen molar-refractivity contribution in [3.8, 4) is 0 Å². The Kier molecular flexibility index (Phi) is 12.3. The lowest BCUT2D eigenvalue weighted by Gasteiger charge is -2.00. The third kappa shape index (κ3) is 15.0. The molecule has 1 amide bonds. The van der Waals surface area contributed by atoms with Crippen molar-refractivity contribution in [2.45, 2.75) is 84.0 Å². The fourth-order valence-electron chi connectivity index (χ4n) is 1.94. The number of amides is 1. The fraction of sp³-hybridized carbons (Fsp3) is 0.875. The van der Waals surface area contributed by atoms with E-state index in [1.165, 1.54) is 44.9 Å². The van der Waals surface area contributed by atoms with E-state index >= 15 is 0 Å². The van der Waals surface area contributed by atoms with Crippen molar-refractivity contribution in [2.24, 2.45) is 11.7 Å². The van der Waals surface area contributed by atoms with Gasteiger partial charge in [0.15, 0.2) is 0 Å². The van der Waals surface area contributed by atoms with Gasteiger partial charge in [-0.25, -0.2) is 0 Å². The number of nitrogens with two attached hydrogens (primary N) is 1. The summed E-state index contributed by atoms with van der Waals surface area (Å²) in [7, 11) is 0. The van der Waals surface area contributed by atoms with Crippen molar-refractivity contribution in [1.29, 1.82) is 0 Å². The molecule has 0 radical (unpaired) electrons. The average molecular weight is 285 g/mol. The highest BCUT2D eigenvalue weighted by Gasteiger charge is 2.28. The summed E-state index contributed by atoms with van der Waals surface area (Å²) in [6.07, 6.45) is 13.9. The zero-order valence-electron chi connectivity index (χ0n) is 12.9. The predicted octanol–water partition coefficient (Wildman–Crippen LogP) is 3.87. The highest BCUT2D eigenvalue weighted by molar-refractivity contribution is 5.73. The minimum atomic E-state index is -0.630. The molecule has 3 N–H and O–H groups in total. The molecule has 0 heterocycles. The molecule has 0 aliphatic heterocycles. The van der Waals surface area contributed by atoms with Gasteiger partial charge in [-0.2, -0.15) is 0 Å². The Bertz CT molecular complexity index is 262. The van der Waals surface area contributed by atoms with Crippen LogP contribution in [0.2, 0.25) is 0 Å². The van der Waals surface area contributed by atoms with Gasteiger partial charge < -0.3 is 10.8 Å². The molecule has 20 heavy (non-hydrogen) atoms. The molecule has 1 saturated carbocycles. The maximum absolute atomic E-state index is 10.4. The number of hydrogen-bond acceptors (Lipinski definition) is 2. The Hall–Kier alpha value is -1.06. The smallest absolute Gasteiger partial charge is 0.306 e. The van der Waals surface area contributed by atoms with Crippen LogP contribution in [-0.2, 0) is 9.59 Å². The molecule has 1 aliphatic rings. The monoisotopic (exact) mass is 285 g/mol. The number of carbonyl (C=O) groups is 2. The van der Waals surface area contributed by atoms with Crippen molar-refractivity contribution >= 4 is 11.9 Å². The van der Waals surface area contributed by atoms with E-state index in [0.717, 1.165) is 25.7 Å². The number of hydrogen-bond donors (Lipinski definition) is 2. The molecule has 118 valence electrons. The first kappa shape index (κ1) is 18.9. The second-order valence-electron chi connectivity index (χ2n) is 5.66. The second-order valence-corrected chi connectivity index (χ2v) is 5.66. The number of rotatable bonds is 11. The number of carbonyl (C=O) groups excluding carboxylic acids is 1. The Labute approximate surface area is 123 Å². The molecule has 1 rings (SSSR count). The zero-order chi connectivity index (χ0) is 15.2. The molecule has 0 aromatic rings. The summed E-state index contributed by atoms with van der Waals surface area (Å²) in [5.41, 5.74) is 5.05. The van der Waals surface area contributed by atoms with Crippen LogP contribution >= 0.6 is 0 Å². The molecule has 0 saturated heterocycles. The van der Waals surface area contributed by atoms with Gasteiger partial charge in [-0.05, 0) is 19.3 Å². The molecular weight excluding hydrogens is 254 g/mol. The SMILES string of the molecule is CCCCCCCCCCCC(N)=O.O=C(O)C1CC1. The van der Waals surface area contributed by atoms with E-state index < -0.39 is 5.97 Å². The molecule has 0 unspecified atom stereocenters. The number of carboxylic acids is 1. The van der Waals surface area contributed by atoms with Crippen molar-refractivity contribution in [1.82, 2.24) is 0 Å². The van der Waals surface area contributed by atoms with Crippen LogP contribution in [0.25, 0.3) is 0 Å². The highest BCUT2D eigenvalue weighted by Crippen LogP contribution is 2.28. The van der Waals surface area contributed by atoms with Gasteiger partial charge in [0.25, 0.3) is 0 Å². The van der Waals surface area contributed by atoms with Crippen LogP contribution in [0.5, 0.6) is 0 Å². The van der Waals surface area contributed by atoms with E-state index in [1.807, 2.05) is 0 Å². The maximum atomic E-state index is 10.4. The molecule has 1 aliphatic carbocycles. The minimum absolute atomic E-state index is 0.0185. The summed E-state index contributed by atoms with van der Waals surface area (Å²) >= 11 is 0. The molecule has 0 atom stereocenters. The fourth-order valence-corrected chi connectivity index (χ4v) is 1.94. The van der Waals surface area contributed by atoms with Gasteiger partial charge in [0.2, 0.25) is 5.91 Å². The molecule has 1 fully saturated rings. The minimum Gasteiger partial charge on any atom is -0.481 e. The van der Waals surface area contributed by atoms with E-state index in [1.54, 1.807) is 0 Å². The highest BCUT2D eigenvalue weighted by atomic mass is 16.4. The number of carboxylic acid groups (broad SMARTS) is 1. The van der Waals surface area contributed by atoms with Crippen LogP contribution < -0.4 is 5.73 Å². The topological polar surface area (TPSA) is 80.4 Å². The molecule has 0 bridgehead atoms. The Morgan fingerprint density at radius 3 is 1.70 bits per heavy atom. The zero-order valence-corrected chi connectivity index (χ0v) is 12.9. The van der Waals surface area contributed by atoms with Crippen LogP contribution in [0.3, 0.4) is 0 Å². The summed E-state index contributed by atoms with van der Waals surface area (Å²) in [6, 6.07) is 0. The summed E-state index contributed by atoms with van der Waals surface area (Å²) in [5, 5.41) is 8.05. The van der Waals surface area contributed by atoms with Gasteiger partial charge in [0.05, 0.1) is 5.92 Å². The largest absolute Gasteiger partial charge is 0.481 e. The van der Waals surface area contributed by atoms with Crippen LogP contribution in [0.4, 0.5) is 0 Å². The van der Waals surface area contributed by atoms with Crippen molar-refractivity contribution in [3.63, 3.8) is 0 Å². The van der Waals surface area contributed by atoms with Gasteiger partial charge in [-0.3, -0.25) is 9.59 Å². The van der Waals surface area contributed by atoms with E-state index in [2.05, 4.69) is 6.92 Å². The summed E-state index contributed by atoms with van der Waals surface area (Å²) < 4.78 is 0. The Balaban J connectivity index is 0.000000493. The van der Waals surface area contributed by atoms with Crippen molar-refractivity contribution in [2.75, 3.05) is 0 Å². The standard InChI is InChI=1S/C12H25NO.C4H6O2/c1-2-3-4-5-6-7-8-9-10-11-12(13)14;5-4(6)3-1-2-3/h2-11H2,1H3,(H2,13,14);3H,1-2H2,(H,5,6). The van der Waals surface area contributed by atoms with Gasteiger partial charge in [-0.1, -0.05) is 58.3 Å². The lowest BCUT2D eigenvalue weighted by Crippen LogP contribution is -2.09. The van der Waals surface area contributed by atoms with Crippen molar-refractivity contribution in [3.05, 3.63) is 0 Å². The number of primary amides is 1. The molecular formula is C16H31NO3. The summed E-state index contributed by atoms with van der Waals surface area (Å²) in [5.74, 6) is -0.770. The number of aliphatic carboxylic acids is 1. The first-order valence-electron chi connectivity index (χ1n) is 8.09. The summed E-state index contributed by atoms with van der Waals surface area (Å²) in [6.45, 7) is 2.24. The van der Waals surface area contributed by atoms with Gasteiger partial charge in [-0.15, -0.1) is 0 Å². The quantitative estimate of drug-likeness (QED) is 0.565. The number of unbranched alkanes of at least 4 members (excludes halogenated alkanes) is 8. The van der Waals surface area contributed by atoms with Gasteiger partial charge >= 0.3 is 5.97 Å². The molecule has 0 aromatic carbocycles. The van der Waals surface area contributed by atoms with Crippen LogP contribution in [0, 0.1) is 5.92 Å². The molecule has 0 aromatic heterocycles. The van der Waals surface area contributed by atoms with Crippen LogP contribution in [0.1, 0.15) is 84.0 Å². The molecule has 4 nitrogen and oxygen atoms in total. The van der Waals surface area contributed by atoms with Crippen LogP contribution in [0.15, 0.2) is 0 Å². The first-order chi connectivity index (χ1) is 9.57. The van der Waals surface area contributed by atoms with E-state index in [0.29, 0.717) is 6.42 Å². The Morgan fingerprint density at radius 1 is 0.950 bits per heavy atom. The molecule has 0 spiro atoms. The van der Waals surface area contributed by atoms with E-state index in [9.17, 15) is 9.59 Å². The van der Waals surface area contributed by atoms with Crippen LogP contribution in [-0.4, -0.2) is 17.0 Å². The average Bonchev–Trinajstić information content (AvgIpc) is 3.21. The van der Waals surface area contributed by atoms with E-state index in [-0.39, 0.29) is 11.8 Å². The van der Waals surface area contributed by atoms with Gasteiger partial charge in [0, 0.05) is 6.42 Å². The third-order valence-electron chi connectivity index (χ3n) is 3.45.